The fraction of sp³-hybridized carbons (Fsp3) is 0.571. The van der Waals surface area contributed by atoms with Crippen LogP contribution in [0.15, 0.2) is 5.16 Å². The smallest absolute Gasteiger partial charge is 0.225 e. The third-order valence-electron chi connectivity index (χ3n) is 1.41. The maximum atomic E-state index is 11.8. The largest absolute Gasteiger partial charge is 0.248 e. The van der Waals surface area contributed by atoms with Crippen LogP contribution in [-0.2, 0) is 0 Å². The molecule has 0 N–H and O–H groups in total. The Balaban J connectivity index is 2.63. The van der Waals surface area contributed by atoms with Gasteiger partial charge in [0.2, 0.25) is 11.6 Å². The van der Waals surface area contributed by atoms with Crippen LogP contribution < -0.4 is 0 Å². The topological polar surface area (TPSA) is 38.7 Å². The van der Waals surface area contributed by atoms with Crippen molar-refractivity contribution in [1.29, 1.82) is 0 Å². The van der Waals surface area contributed by atoms with E-state index in [-0.39, 0.29) is 5.75 Å². The Bertz CT molecular complexity index is 293. The zero-order chi connectivity index (χ0) is 9.84. The quantitative estimate of drug-likeness (QED) is 0.706. The first-order valence-corrected chi connectivity index (χ1v) is 4.67. The molecule has 0 amide bonds. The molecular weight excluding hydrogens is 196 g/mol. The summed E-state index contributed by atoms with van der Waals surface area (Å²) < 4.78 is 23.6. The average molecular weight is 205 g/mol. The van der Waals surface area contributed by atoms with Crippen LogP contribution in [0.3, 0.4) is 0 Å². The molecule has 6 heteroatoms. The summed E-state index contributed by atoms with van der Waals surface area (Å²) in [4.78, 5) is 4.00. The van der Waals surface area contributed by atoms with Gasteiger partial charge in [-0.05, 0) is 13.8 Å². The summed E-state index contributed by atoms with van der Waals surface area (Å²) in [5.74, 6) is -0.288. The average Bonchev–Trinajstić information content (AvgIpc) is 2.07. The number of thioether (sulfide) groups is 1. The number of hydrogen-bond acceptors (Lipinski definition) is 4. The Morgan fingerprint density at radius 3 is 2.46 bits per heavy atom. The second-order valence-corrected chi connectivity index (χ2v) is 3.45. The molecule has 0 saturated heterocycles. The van der Waals surface area contributed by atoms with E-state index in [1.165, 1.54) is 0 Å². The highest BCUT2D eigenvalue weighted by atomic mass is 32.2. The van der Waals surface area contributed by atoms with Crippen molar-refractivity contribution in [1.82, 2.24) is 15.2 Å². The molecule has 0 aliphatic heterocycles. The van der Waals surface area contributed by atoms with E-state index < -0.39 is 6.43 Å². The standard InChI is InChI=1S/C7H9F2N3S/c1-4-5(2)11-12-7(10-4)13-3-6(8)9/h6H,3H2,1-2H3. The molecule has 0 saturated carbocycles. The van der Waals surface area contributed by atoms with E-state index in [0.717, 1.165) is 23.1 Å². The predicted octanol–water partition coefficient (Wildman–Crippen LogP) is 1.85. The second-order valence-electron chi connectivity index (χ2n) is 2.47. The third-order valence-corrected chi connectivity index (χ3v) is 2.26. The summed E-state index contributed by atoms with van der Waals surface area (Å²) in [6.45, 7) is 3.55. The molecule has 0 unspecified atom stereocenters. The number of aryl methyl sites for hydroxylation is 2. The number of alkyl halides is 2. The molecular formula is C7H9F2N3S. The lowest BCUT2D eigenvalue weighted by atomic mass is 10.4. The van der Waals surface area contributed by atoms with Gasteiger partial charge in [-0.2, -0.15) is 5.10 Å². The van der Waals surface area contributed by atoms with Gasteiger partial charge in [0.25, 0.3) is 0 Å². The van der Waals surface area contributed by atoms with Crippen molar-refractivity contribution >= 4 is 11.8 Å². The zero-order valence-corrected chi connectivity index (χ0v) is 8.11. The number of halogens is 2. The van der Waals surface area contributed by atoms with Gasteiger partial charge in [0.1, 0.15) is 0 Å². The van der Waals surface area contributed by atoms with Crippen LogP contribution in [0.1, 0.15) is 11.4 Å². The maximum Gasteiger partial charge on any atom is 0.248 e. The minimum absolute atomic E-state index is 0.288. The van der Waals surface area contributed by atoms with E-state index >= 15 is 0 Å². The van der Waals surface area contributed by atoms with Gasteiger partial charge in [0.15, 0.2) is 0 Å². The molecule has 1 rings (SSSR count). The highest BCUT2D eigenvalue weighted by molar-refractivity contribution is 7.99. The number of aromatic nitrogens is 3. The van der Waals surface area contributed by atoms with Gasteiger partial charge in [-0.15, -0.1) is 5.10 Å². The molecule has 1 aromatic rings. The van der Waals surface area contributed by atoms with E-state index in [4.69, 9.17) is 0 Å². The molecule has 72 valence electrons. The summed E-state index contributed by atoms with van der Waals surface area (Å²) in [6, 6.07) is 0. The van der Waals surface area contributed by atoms with Gasteiger partial charge in [-0.25, -0.2) is 13.8 Å². The highest BCUT2D eigenvalue weighted by Crippen LogP contribution is 2.15. The third kappa shape index (κ3) is 3.22. The molecule has 0 radical (unpaired) electrons. The van der Waals surface area contributed by atoms with Crippen molar-refractivity contribution in [3.63, 3.8) is 0 Å². The molecule has 1 heterocycles. The van der Waals surface area contributed by atoms with Gasteiger partial charge in [-0.3, -0.25) is 0 Å². The normalized spacial score (nSPS) is 10.8. The molecule has 1 aromatic heterocycles. The molecule has 3 nitrogen and oxygen atoms in total. The van der Waals surface area contributed by atoms with E-state index in [2.05, 4.69) is 15.2 Å². The molecule has 0 spiro atoms. The number of hydrogen-bond donors (Lipinski definition) is 0. The molecule has 0 atom stereocenters. The maximum absolute atomic E-state index is 11.8. The van der Waals surface area contributed by atoms with E-state index in [0.29, 0.717) is 5.16 Å². The summed E-state index contributed by atoms with van der Waals surface area (Å²) in [5.41, 5.74) is 1.45. The van der Waals surface area contributed by atoms with E-state index in [1.807, 2.05) is 0 Å². The fourth-order valence-electron chi connectivity index (χ4n) is 0.636. The van der Waals surface area contributed by atoms with Crippen molar-refractivity contribution in [3.8, 4) is 0 Å². The molecule has 0 fully saturated rings. The molecule has 0 aliphatic carbocycles. The van der Waals surface area contributed by atoms with Crippen molar-refractivity contribution in [2.75, 3.05) is 5.75 Å². The van der Waals surface area contributed by atoms with Crippen molar-refractivity contribution in [3.05, 3.63) is 11.4 Å². The molecule has 0 aromatic carbocycles. The lowest BCUT2D eigenvalue weighted by Crippen LogP contribution is -2.00. The van der Waals surface area contributed by atoms with Crippen LogP contribution in [0.5, 0.6) is 0 Å². The van der Waals surface area contributed by atoms with Crippen molar-refractivity contribution < 1.29 is 8.78 Å². The highest BCUT2D eigenvalue weighted by Gasteiger charge is 2.07. The summed E-state index contributed by atoms with van der Waals surface area (Å²) in [7, 11) is 0. The summed E-state index contributed by atoms with van der Waals surface area (Å²) in [6.07, 6.45) is -2.34. The summed E-state index contributed by atoms with van der Waals surface area (Å²) >= 11 is 0.917. The summed E-state index contributed by atoms with van der Waals surface area (Å²) in [5, 5.41) is 7.77. The Labute approximate surface area is 79.0 Å². The van der Waals surface area contributed by atoms with Gasteiger partial charge >= 0.3 is 0 Å². The fourth-order valence-corrected chi connectivity index (χ4v) is 1.21. The second kappa shape index (κ2) is 4.45. The SMILES string of the molecule is Cc1nnc(SCC(F)F)nc1C. The predicted molar refractivity (Wildman–Crippen MR) is 46.0 cm³/mol. The monoisotopic (exact) mass is 205 g/mol. The van der Waals surface area contributed by atoms with Crippen LogP contribution in [0.4, 0.5) is 8.78 Å². The Morgan fingerprint density at radius 1 is 1.23 bits per heavy atom. The van der Waals surface area contributed by atoms with Gasteiger partial charge in [0, 0.05) is 0 Å². The van der Waals surface area contributed by atoms with Crippen LogP contribution in [0.2, 0.25) is 0 Å². The number of nitrogens with zero attached hydrogens (tertiary/aromatic N) is 3. The van der Waals surface area contributed by atoms with Crippen LogP contribution >= 0.6 is 11.8 Å². The van der Waals surface area contributed by atoms with Gasteiger partial charge in [-0.1, -0.05) is 11.8 Å². The lowest BCUT2D eigenvalue weighted by molar-refractivity contribution is 0.176. The first-order valence-electron chi connectivity index (χ1n) is 3.68. The van der Waals surface area contributed by atoms with Crippen LogP contribution in [-0.4, -0.2) is 27.4 Å². The van der Waals surface area contributed by atoms with E-state index in [9.17, 15) is 8.78 Å². The Morgan fingerprint density at radius 2 is 1.92 bits per heavy atom. The minimum Gasteiger partial charge on any atom is -0.225 e. The lowest BCUT2D eigenvalue weighted by Gasteiger charge is -2.00. The van der Waals surface area contributed by atoms with Crippen LogP contribution in [0.25, 0.3) is 0 Å². The van der Waals surface area contributed by atoms with Crippen molar-refractivity contribution in [2.24, 2.45) is 0 Å². The minimum atomic E-state index is -2.34. The molecule has 0 aliphatic rings. The Hall–Kier alpha value is -0.780. The first-order chi connectivity index (χ1) is 6.09. The first kappa shape index (κ1) is 10.3. The van der Waals surface area contributed by atoms with Gasteiger partial charge < -0.3 is 0 Å². The van der Waals surface area contributed by atoms with Gasteiger partial charge in [0.05, 0.1) is 17.1 Å². The molecule has 13 heavy (non-hydrogen) atoms. The zero-order valence-electron chi connectivity index (χ0n) is 7.29. The van der Waals surface area contributed by atoms with Crippen molar-refractivity contribution in [2.45, 2.75) is 25.4 Å². The number of rotatable bonds is 3. The van der Waals surface area contributed by atoms with E-state index in [1.54, 1.807) is 13.8 Å². The molecule has 0 bridgehead atoms. The Kier molecular flexibility index (Phi) is 3.53. The van der Waals surface area contributed by atoms with Crippen LogP contribution in [0, 0.1) is 13.8 Å².